The number of thioether (sulfide) groups is 1. The number of nitrogens with one attached hydrogen (secondary N) is 1. The van der Waals surface area contributed by atoms with Gasteiger partial charge in [-0.3, -0.25) is 4.99 Å². The summed E-state index contributed by atoms with van der Waals surface area (Å²) in [7, 11) is 2.22. The summed E-state index contributed by atoms with van der Waals surface area (Å²) in [6, 6.07) is 1.78. The summed E-state index contributed by atoms with van der Waals surface area (Å²) in [6.07, 6.45) is 2.48. The quantitative estimate of drug-likeness (QED) is 0.778. The van der Waals surface area contributed by atoms with Crippen molar-refractivity contribution < 1.29 is 0 Å². The lowest BCUT2D eigenvalue weighted by molar-refractivity contribution is 0.177. The highest BCUT2D eigenvalue weighted by Gasteiger charge is 2.25. The molecule has 4 heteroatoms. The first-order valence-electron chi connectivity index (χ1n) is 6.73. The zero-order chi connectivity index (χ0) is 12.4. The van der Waals surface area contributed by atoms with Crippen molar-refractivity contribution in [1.29, 1.82) is 0 Å². The zero-order valence-electron chi connectivity index (χ0n) is 11.4. The van der Waals surface area contributed by atoms with E-state index in [1.165, 1.54) is 30.3 Å². The second-order valence-electron chi connectivity index (χ2n) is 5.66. The first-order valence-corrected chi connectivity index (χ1v) is 7.72. The molecule has 98 valence electrons. The molecule has 1 saturated heterocycles. The molecular formula is C13H25N3S. The van der Waals surface area contributed by atoms with Crippen molar-refractivity contribution in [1.82, 2.24) is 10.2 Å². The minimum atomic E-state index is 0.474. The van der Waals surface area contributed by atoms with Gasteiger partial charge >= 0.3 is 0 Å². The van der Waals surface area contributed by atoms with E-state index >= 15 is 0 Å². The Kier molecular flexibility index (Phi) is 4.36. The average Bonchev–Trinajstić information content (AvgIpc) is 2.29. The van der Waals surface area contributed by atoms with Gasteiger partial charge in [-0.25, -0.2) is 0 Å². The van der Waals surface area contributed by atoms with E-state index in [-0.39, 0.29) is 0 Å². The molecule has 0 amide bonds. The van der Waals surface area contributed by atoms with Crippen LogP contribution in [0.3, 0.4) is 0 Å². The Bertz CT molecular complexity index is 292. The van der Waals surface area contributed by atoms with Gasteiger partial charge in [-0.2, -0.15) is 0 Å². The molecule has 0 aromatic rings. The summed E-state index contributed by atoms with van der Waals surface area (Å²) >= 11 is 1.90. The minimum Gasteiger partial charge on any atom is -0.362 e. The van der Waals surface area contributed by atoms with Crippen molar-refractivity contribution in [2.75, 3.05) is 19.3 Å². The third kappa shape index (κ3) is 3.38. The number of aliphatic imine (C=N–C) groups is 1. The third-order valence-electron chi connectivity index (χ3n) is 4.16. The Labute approximate surface area is 109 Å². The molecule has 3 nitrogen and oxygen atoms in total. The van der Waals surface area contributed by atoms with Gasteiger partial charge in [0.1, 0.15) is 0 Å². The Balaban J connectivity index is 1.87. The molecule has 2 heterocycles. The summed E-state index contributed by atoms with van der Waals surface area (Å²) in [5.74, 6) is 1.91. The van der Waals surface area contributed by atoms with Crippen molar-refractivity contribution >= 4 is 16.9 Å². The van der Waals surface area contributed by atoms with Gasteiger partial charge in [0.25, 0.3) is 0 Å². The van der Waals surface area contributed by atoms with Crippen LogP contribution in [0.1, 0.15) is 33.6 Å². The van der Waals surface area contributed by atoms with Gasteiger partial charge in [0, 0.05) is 24.4 Å². The molecule has 17 heavy (non-hydrogen) atoms. The van der Waals surface area contributed by atoms with Gasteiger partial charge in [-0.15, -0.1) is 0 Å². The predicted molar refractivity (Wildman–Crippen MR) is 76.8 cm³/mol. The molecule has 0 aliphatic carbocycles. The largest absolute Gasteiger partial charge is 0.362 e. The van der Waals surface area contributed by atoms with E-state index in [0.717, 1.165) is 0 Å². The average molecular weight is 255 g/mol. The standard InChI is InChI=1S/C13H25N3S/c1-9-8-17-13(14-11(9)3)15-12-5-6-16(4)10(2)7-12/h9-12H,5-8H2,1-4H3,(H,14,15). The van der Waals surface area contributed by atoms with Crippen LogP contribution in [0.2, 0.25) is 0 Å². The molecule has 4 atom stereocenters. The topological polar surface area (TPSA) is 27.6 Å². The Hall–Kier alpha value is -0.220. The van der Waals surface area contributed by atoms with E-state index in [0.29, 0.717) is 24.0 Å². The molecule has 0 saturated carbocycles. The van der Waals surface area contributed by atoms with E-state index in [9.17, 15) is 0 Å². The lowest BCUT2D eigenvalue weighted by Crippen LogP contribution is -2.47. The molecule has 0 spiro atoms. The molecule has 1 fully saturated rings. The fourth-order valence-electron chi connectivity index (χ4n) is 2.37. The van der Waals surface area contributed by atoms with Crippen molar-refractivity contribution in [3.05, 3.63) is 0 Å². The number of nitrogens with zero attached hydrogens (tertiary/aromatic N) is 2. The van der Waals surface area contributed by atoms with Crippen LogP contribution in [0.15, 0.2) is 4.99 Å². The summed E-state index contributed by atoms with van der Waals surface area (Å²) in [6.45, 7) is 8.02. The van der Waals surface area contributed by atoms with Gasteiger partial charge in [-0.05, 0) is 39.7 Å². The van der Waals surface area contributed by atoms with Crippen molar-refractivity contribution in [2.45, 2.75) is 51.7 Å². The van der Waals surface area contributed by atoms with Crippen LogP contribution in [0.5, 0.6) is 0 Å². The maximum absolute atomic E-state index is 4.76. The Morgan fingerprint density at radius 3 is 2.76 bits per heavy atom. The van der Waals surface area contributed by atoms with Crippen molar-refractivity contribution in [3.63, 3.8) is 0 Å². The van der Waals surface area contributed by atoms with Crippen molar-refractivity contribution in [2.24, 2.45) is 10.9 Å². The number of likely N-dealkylation sites (tertiary alicyclic amines) is 1. The highest BCUT2D eigenvalue weighted by atomic mass is 32.2. The van der Waals surface area contributed by atoms with E-state index in [2.05, 4.69) is 38.0 Å². The van der Waals surface area contributed by atoms with Crippen LogP contribution in [0.25, 0.3) is 0 Å². The summed E-state index contributed by atoms with van der Waals surface area (Å²) in [5, 5.41) is 4.82. The predicted octanol–water partition coefficient (Wildman–Crippen LogP) is 2.19. The normalized spacial score (nSPS) is 39.9. The van der Waals surface area contributed by atoms with Crippen molar-refractivity contribution in [3.8, 4) is 0 Å². The Morgan fingerprint density at radius 1 is 1.35 bits per heavy atom. The second-order valence-corrected chi connectivity index (χ2v) is 6.67. The minimum absolute atomic E-state index is 0.474. The van der Waals surface area contributed by atoms with Crippen LogP contribution in [-0.4, -0.2) is 47.5 Å². The zero-order valence-corrected chi connectivity index (χ0v) is 12.3. The van der Waals surface area contributed by atoms with Crippen LogP contribution in [0.4, 0.5) is 0 Å². The van der Waals surface area contributed by atoms with Crippen LogP contribution in [0, 0.1) is 5.92 Å². The van der Waals surface area contributed by atoms with Gasteiger partial charge in [0.15, 0.2) is 5.17 Å². The molecule has 2 rings (SSSR count). The van der Waals surface area contributed by atoms with Gasteiger partial charge < -0.3 is 10.2 Å². The summed E-state index contributed by atoms with van der Waals surface area (Å²) < 4.78 is 0. The number of hydrogen-bond donors (Lipinski definition) is 1. The first kappa shape index (κ1) is 13.2. The lowest BCUT2D eigenvalue weighted by atomic mass is 9.99. The molecule has 2 aliphatic rings. The highest BCUT2D eigenvalue weighted by Crippen LogP contribution is 2.23. The second kappa shape index (κ2) is 5.61. The van der Waals surface area contributed by atoms with E-state index in [4.69, 9.17) is 4.99 Å². The molecule has 0 aromatic heterocycles. The lowest BCUT2D eigenvalue weighted by Gasteiger charge is -2.36. The molecule has 1 N–H and O–H groups in total. The summed E-state index contributed by atoms with van der Waals surface area (Å²) in [5.41, 5.74) is 0. The molecular weight excluding hydrogens is 230 g/mol. The highest BCUT2D eigenvalue weighted by molar-refractivity contribution is 8.13. The number of rotatable bonds is 1. The molecule has 4 unspecified atom stereocenters. The van der Waals surface area contributed by atoms with E-state index in [1.807, 2.05) is 11.8 Å². The van der Waals surface area contributed by atoms with Gasteiger partial charge in [0.2, 0.25) is 0 Å². The van der Waals surface area contributed by atoms with E-state index in [1.54, 1.807) is 0 Å². The fraction of sp³-hybridized carbons (Fsp3) is 0.923. The van der Waals surface area contributed by atoms with Crippen LogP contribution >= 0.6 is 11.8 Å². The fourth-order valence-corrected chi connectivity index (χ4v) is 3.56. The maximum atomic E-state index is 4.76. The number of piperidine rings is 1. The molecule has 0 aromatic carbocycles. The van der Waals surface area contributed by atoms with E-state index < -0.39 is 0 Å². The van der Waals surface area contributed by atoms with Crippen LogP contribution < -0.4 is 5.32 Å². The molecule has 0 bridgehead atoms. The summed E-state index contributed by atoms with van der Waals surface area (Å²) in [4.78, 5) is 7.20. The maximum Gasteiger partial charge on any atom is 0.157 e. The first-order chi connectivity index (χ1) is 8.06. The van der Waals surface area contributed by atoms with Gasteiger partial charge in [0.05, 0.1) is 6.04 Å². The monoisotopic (exact) mass is 255 g/mol. The number of amidine groups is 1. The van der Waals surface area contributed by atoms with Gasteiger partial charge in [-0.1, -0.05) is 18.7 Å². The number of hydrogen-bond acceptors (Lipinski definition) is 4. The Morgan fingerprint density at radius 2 is 2.12 bits per heavy atom. The van der Waals surface area contributed by atoms with Crippen LogP contribution in [-0.2, 0) is 0 Å². The smallest absolute Gasteiger partial charge is 0.157 e. The molecule has 2 aliphatic heterocycles. The molecule has 0 radical (unpaired) electrons. The SMILES string of the molecule is CC1CSC(NC2CCN(C)C(C)C2)=NC1C. The third-order valence-corrected chi connectivity index (χ3v) is 5.35.